The molecule has 1 aromatic rings. The third-order valence-electron chi connectivity index (χ3n) is 3.20. The molecule has 5 heteroatoms. The normalized spacial score (nSPS) is 17.2. The van der Waals surface area contributed by atoms with E-state index < -0.39 is 0 Å². The molecule has 0 aliphatic carbocycles. The highest BCUT2D eigenvalue weighted by molar-refractivity contribution is 9.10. The van der Waals surface area contributed by atoms with Gasteiger partial charge in [-0.15, -0.1) is 0 Å². The summed E-state index contributed by atoms with van der Waals surface area (Å²) in [6.45, 7) is 4.89. The lowest BCUT2D eigenvalue weighted by Gasteiger charge is -2.32. The fourth-order valence-corrected chi connectivity index (χ4v) is 2.58. The Morgan fingerprint density at radius 1 is 1.39 bits per heavy atom. The van der Waals surface area contributed by atoms with Crippen molar-refractivity contribution >= 4 is 37.7 Å². The van der Waals surface area contributed by atoms with Gasteiger partial charge < -0.3 is 9.64 Å². The number of aromatic nitrogens is 1. The number of halogens is 2. The number of pyridine rings is 1. The third-order valence-corrected chi connectivity index (χ3v) is 4.37. The van der Waals surface area contributed by atoms with Crippen LogP contribution in [0.2, 0.25) is 0 Å². The average molecular weight is 378 g/mol. The lowest BCUT2D eigenvalue weighted by Crippen LogP contribution is -2.37. The van der Waals surface area contributed by atoms with E-state index in [1.807, 2.05) is 6.92 Å². The van der Waals surface area contributed by atoms with E-state index in [0.717, 1.165) is 53.9 Å². The summed E-state index contributed by atoms with van der Waals surface area (Å²) in [6, 6.07) is 4.15. The maximum Gasteiger partial charge on any atom is 0.128 e. The topological polar surface area (TPSA) is 25.4 Å². The van der Waals surface area contributed by atoms with Crippen molar-refractivity contribution in [1.82, 2.24) is 4.98 Å². The lowest BCUT2D eigenvalue weighted by atomic mass is 10.1. The van der Waals surface area contributed by atoms with Gasteiger partial charge in [-0.1, -0.05) is 15.9 Å². The van der Waals surface area contributed by atoms with Crippen LogP contribution in [0.5, 0.6) is 0 Å². The maximum absolute atomic E-state index is 5.76. The molecule has 0 radical (unpaired) electrons. The highest BCUT2D eigenvalue weighted by atomic mass is 79.9. The molecule has 1 aromatic heterocycles. The highest BCUT2D eigenvalue weighted by Crippen LogP contribution is 2.23. The molecule has 0 bridgehead atoms. The number of aryl methyl sites for hydroxylation is 1. The van der Waals surface area contributed by atoms with Crippen LogP contribution in [0.25, 0.3) is 0 Å². The number of hydrogen-bond acceptors (Lipinski definition) is 3. The van der Waals surface area contributed by atoms with E-state index in [2.05, 4.69) is 53.9 Å². The van der Waals surface area contributed by atoms with Crippen LogP contribution in [0.1, 0.15) is 18.5 Å². The Labute approximate surface area is 125 Å². The van der Waals surface area contributed by atoms with Crippen molar-refractivity contribution in [3.05, 3.63) is 22.3 Å². The zero-order valence-corrected chi connectivity index (χ0v) is 13.7. The maximum atomic E-state index is 5.76. The molecule has 1 aliphatic heterocycles. The number of ether oxygens (including phenoxy) is 1. The molecule has 1 fully saturated rings. The fraction of sp³-hybridized carbons (Fsp3) is 0.615. The van der Waals surface area contributed by atoms with Crippen LogP contribution in [-0.4, -0.2) is 36.1 Å². The molecule has 18 heavy (non-hydrogen) atoms. The number of rotatable bonds is 4. The van der Waals surface area contributed by atoms with E-state index in [9.17, 15) is 0 Å². The van der Waals surface area contributed by atoms with Gasteiger partial charge in [-0.05, 0) is 47.8 Å². The Bertz CT molecular complexity index is 393. The van der Waals surface area contributed by atoms with Gasteiger partial charge in [-0.3, -0.25) is 0 Å². The lowest BCUT2D eigenvalue weighted by molar-refractivity contribution is 0.0480. The molecule has 0 N–H and O–H groups in total. The molecule has 2 rings (SSSR count). The molecule has 0 atom stereocenters. The van der Waals surface area contributed by atoms with Gasteiger partial charge in [-0.25, -0.2) is 4.98 Å². The highest BCUT2D eigenvalue weighted by Gasteiger charge is 2.20. The molecular weight excluding hydrogens is 360 g/mol. The van der Waals surface area contributed by atoms with Gasteiger partial charge in [0, 0.05) is 22.9 Å². The molecule has 0 saturated carbocycles. The summed E-state index contributed by atoms with van der Waals surface area (Å²) in [5.74, 6) is 1.08. The standard InChI is InChI=1S/C13H18Br2N2O/c1-10-12(15)2-3-13(16-10)17-7-4-11(5-8-17)18-9-6-14/h2-3,11H,4-9H2,1H3. The average Bonchev–Trinajstić information content (AvgIpc) is 2.40. The predicted octanol–water partition coefficient (Wildman–Crippen LogP) is 3.53. The smallest absolute Gasteiger partial charge is 0.128 e. The summed E-state index contributed by atoms with van der Waals surface area (Å²) in [6.07, 6.45) is 2.59. The first kappa shape index (κ1) is 14.3. The van der Waals surface area contributed by atoms with Crippen LogP contribution < -0.4 is 4.90 Å². The summed E-state index contributed by atoms with van der Waals surface area (Å²) >= 11 is 6.88. The first-order valence-corrected chi connectivity index (χ1v) is 8.18. The Morgan fingerprint density at radius 2 is 2.11 bits per heavy atom. The van der Waals surface area contributed by atoms with Gasteiger partial charge in [0.15, 0.2) is 0 Å². The van der Waals surface area contributed by atoms with Crippen LogP contribution in [0.15, 0.2) is 16.6 Å². The van der Waals surface area contributed by atoms with Crippen molar-refractivity contribution in [2.75, 3.05) is 29.9 Å². The molecule has 0 unspecified atom stereocenters. The summed E-state index contributed by atoms with van der Waals surface area (Å²) in [5.41, 5.74) is 1.05. The molecule has 1 aliphatic rings. The quantitative estimate of drug-likeness (QED) is 0.750. The number of nitrogens with zero attached hydrogens (tertiary/aromatic N) is 2. The minimum Gasteiger partial charge on any atom is -0.377 e. The van der Waals surface area contributed by atoms with Gasteiger partial charge >= 0.3 is 0 Å². The van der Waals surface area contributed by atoms with E-state index in [1.54, 1.807) is 0 Å². The Morgan fingerprint density at radius 3 is 2.72 bits per heavy atom. The van der Waals surface area contributed by atoms with Gasteiger partial charge in [0.05, 0.1) is 18.4 Å². The molecule has 1 saturated heterocycles. The van der Waals surface area contributed by atoms with Crippen molar-refractivity contribution in [1.29, 1.82) is 0 Å². The second kappa shape index (κ2) is 6.87. The minimum atomic E-state index is 0.412. The Balaban J connectivity index is 1.90. The minimum absolute atomic E-state index is 0.412. The van der Waals surface area contributed by atoms with Crippen LogP contribution in [0.3, 0.4) is 0 Å². The summed E-state index contributed by atoms with van der Waals surface area (Å²) in [5, 5.41) is 0.917. The summed E-state index contributed by atoms with van der Waals surface area (Å²) < 4.78 is 6.83. The van der Waals surface area contributed by atoms with Crippen LogP contribution >= 0.6 is 31.9 Å². The van der Waals surface area contributed by atoms with E-state index >= 15 is 0 Å². The van der Waals surface area contributed by atoms with E-state index in [-0.39, 0.29) is 0 Å². The van der Waals surface area contributed by atoms with Gasteiger partial charge in [0.25, 0.3) is 0 Å². The Hall–Kier alpha value is -0.130. The van der Waals surface area contributed by atoms with Crippen LogP contribution in [-0.2, 0) is 4.74 Å². The summed E-state index contributed by atoms with van der Waals surface area (Å²) in [7, 11) is 0. The first-order valence-electron chi connectivity index (χ1n) is 6.26. The number of anilines is 1. The summed E-state index contributed by atoms with van der Waals surface area (Å²) in [4.78, 5) is 6.96. The predicted molar refractivity (Wildman–Crippen MR) is 81.7 cm³/mol. The SMILES string of the molecule is Cc1nc(N2CCC(OCCBr)CC2)ccc1Br. The fourth-order valence-electron chi connectivity index (χ4n) is 2.17. The second-order valence-electron chi connectivity index (χ2n) is 4.48. The van der Waals surface area contributed by atoms with Crippen molar-refractivity contribution in [2.45, 2.75) is 25.9 Å². The van der Waals surface area contributed by atoms with Crippen molar-refractivity contribution < 1.29 is 4.74 Å². The molecule has 100 valence electrons. The zero-order chi connectivity index (χ0) is 13.0. The molecule has 0 spiro atoms. The van der Waals surface area contributed by atoms with Crippen LogP contribution in [0, 0.1) is 6.92 Å². The van der Waals surface area contributed by atoms with E-state index in [4.69, 9.17) is 4.74 Å². The van der Waals surface area contributed by atoms with Gasteiger partial charge in [0.1, 0.15) is 5.82 Å². The zero-order valence-electron chi connectivity index (χ0n) is 10.5. The van der Waals surface area contributed by atoms with Crippen LogP contribution in [0.4, 0.5) is 5.82 Å². The van der Waals surface area contributed by atoms with E-state index in [0.29, 0.717) is 6.10 Å². The monoisotopic (exact) mass is 376 g/mol. The largest absolute Gasteiger partial charge is 0.377 e. The molecule has 0 aromatic carbocycles. The molecular formula is C13H18Br2N2O. The van der Waals surface area contributed by atoms with Gasteiger partial charge in [-0.2, -0.15) is 0 Å². The molecule has 0 amide bonds. The number of alkyl halides is 1. The van der Waals surface area contributed by atoms with Crippen molar-refractivity contribution in [2.24, 2.45) is 0 Å². The molecule has 2 heterocycles. The third kappa shape index (κ3) is 3.68. The second-order valence-corrected chi connectivity index (χ2v) is 6.13. The van der Waals surface area contributed by atoms with Crippen molar-refractivity contribution in [3.63, 3.8) is 0 Å². The van der Waals surface area contributed by atoms with Crippen molar-refractivity contribution in [3.8, 4) is 0 Å². The number of hydrogen-bond donors (Lipinski definition) is 0. The molecule has 3 nitrogen and oxygen atoms in total. The Kier molecular flexibility index (Phi) is 5.45. The number of piperidine rings is 1. The first-order chi connectivity index (χ1) is 8.70. The van der Waals surface area contributed by atoms with E-state index in [1.165, 1.54) is 0 Å². The van der Waals surface area contributed by atoms with Gasteiger partial charge in [0.2, 0.25) is 0 Å².